The lowest BCUT2D eigenvalue weighted by atomic mass is 9.79. The number of aromatic nitrogens is 2. The molecule has 6 saturated carbocycles. The molecule has 19 heteroatoms. The van der Waals surface area contributed by atoms with Crippen LogP contribution in [0.5, 0.6) is 11.5 Å². The van der Waals surface area contributed by atoms with Crippen LogP contribution in [0.15, 0.2) is 57.6 Å². The van der Waals surface area contributed by atoms with Gasteiger partial charge in [-0.3, -0.25) is 4.79 Å². The average molecular weight is 945 g/mol. The van der Waals surface area contributed by atoms with Crippen molar-refractivity contribution in [3.63, 3.8) is 0 Å². The van der Waals surface area contributed by atoms with E-state index in [1.165, 1.54) is 30.3 Å². The third-order valence-electron chi connectivity index (χ3n) is 14.6. The van der Waals surface area contributed by atoms with E-state index >= 15 is 0 Å². The lowest BCUT2D eigenvalue weighted by Gasteiger charge is -2.42. The highest BCUT2D eigenvalue weighted by Crippen LogP contribution is 2.55. The second-order valence-electron chi connectivity index (χ2n) is 18.9. The molecule has 8 aliphatic rings. The summed E-state index contributed by atoms with van der Waals surface area (Å²) in [7, 11) is 0. The standard InChI is InChI=1S/C24H27F3N2O4.C14H13F3N2O2.C10H14O3/c25-24(26,27)32-20-4-2-1-3-18(20)21-19(22(33-29-21)14-5-6-14)13-28-17-11-15-7-8-16(12-17)23(15)30-9-10-31-23;15-14(16,17)20-11-4-2-1-3-9(11)12-10(7-18)13(21-19-12)8-5-6-8;11-9-5-7-1-2-8(6-9)10(7)12-3-4-13-10/h1-4,14-17,28H,5-13H2;1-4,8H,5-7,18H2;7-8H,1-6H2. The Labute approximate surface area is 382 Å². The highest BCUT2D eigenvalue weighted by molar-refractivity contribution is 5.80. The second kappa shape index (κ2) is 18.4. The Morgan fingerprint density at radius 1 is 0.612 bits per heavy atom. The van der Waals surface area contributed by atoms with Gasteiger partial charge in [0.05, 0.1) is 26.4 Å². The number of alkyl halides is 6. The molecule has 0 radical (unpaired) electrons. The van der Waals surface area contributed by atoms with Gasteiger partial charge in [-0.25, -0.2) is 0 Å². The van der Waals surface area contributed by atoms with E-state index in [9.17, 15) is 31.1 Å². The van der Waals surface area contributed by atoms with Crippen LogP contribution in [-0.4, -0.2) is 72.9 Å². The first-order chi connectivity index (χ1) is 32.2. The van der Waals surface area contributed by atoms with Gasteiger partial charge in [0.1, 0.15) is 40.2 Å². The molecule has 2 aromatic carbocycles. The minimum absolute atomic E-state index is 0.158. The minimum atomic E-state index is -4.78. The molecule has 0 amide bonds. The summed E-state index contributed by atoms with van der Waals surface area (Å²) < 4.78 is 119. The highest BCUT2D eigenvalue weighted by atomic mass is 19.4. The summed E-state index contributed by atoms with van der Waals surface area (Å²) in [5.74, 6) is 2.55. The summed E-state index contributed by atoms with van der Waals surface area (Å²) in [6.07, 6.45) is 2.16. The van der Waals surface area contributed by atoms with Crippen LogP contribution in [0.1, 0.15) is 112 Å². The van der Waals surface area contributed by atoms with Gasteiger partial charge in [-0.15, -0.1) is 26.3 Å². The van der Waals surface area contributed by atoms with E-state index in [2.05, 4.69) is 25.1 Å². The zero-order valence-electron chi connectivity index (χ0n) is 36.8. The lowest BCUT2D eigenvalue weighted by molar-refractivity contribution is -0.275. The first-order valence-electron chi connectivity index (χ1n) is 23.4. The van der Waals surface area contributed by atoms with Gasteiger partial charge >= 0.3 is 12.7 Å². The number of nitrogens with zero attached hydrogens (tertiary/aromatic N) is 2. The van der Waals surface area contributed by atoms with E-state index in [4.69, 9.17) is 33.7 Å². The smallest absolute Gasteiger partial charge is 0.405 e. The molecular formula is C48H54F6N4O9. The van der Waals surface area contributed by atoms with Gasteiger partial charge in [-0.2, -0.15) is 0 Å². The maximum absolute atomic E-state index is 13.0. The molecule has 3 N–H and O–H groups in total. The molecule has 362 valence electrons. The SMILES string of the molecule is FC(F)(F)Oc1ccccc1-c1noc(C2CC2)c1CNC1CC2CCC(C1)C21OCCO1.NCc1c(-c2ccccc2OC(F)(F)F)noc1C1CC1.O=C1CC2CCC(C1)C21OCCO1. The molecule has 13 nitrogen and oxygen atoms in total. The summed E-state index contributed by atoms with van der Waals surface area (Å²) in [5, 5.41) is 11.8. The fourth-order valence-electron chi connectivity index (χ4n) is 11.5. The van der Waals surface area contributed by atoms with Crippen LogP contribution >= 0.6 is 0 Å². The summed E-state index contributed by atoms with van der Waals surface area (Å²) in [6.45, 7) is 3.40. The Bertz CT molecular complexity index is 2350. The number of rotatable bonds is 10. The molecule has 2 aromatic heterocycles. The number of hydrogen-bond acceptors (Lipinski definition) is 13. The van der Waals surface area contributed by atoms with Crippen LogP contribution in [0.25, 0.3) is 22.5 Å². The number of nitrogens with one attached hydrogen (secondary N) is 1. The number of ether oxygens (including phenoxy) is 6. The molecule has 67 heavy (non-hydrogen) atoms. The fraction of sp³-hybridized carbons (Fsp3) is 0.604. The molecule has 12 rings (SSSR count). The molecule has 4 bridgehead atoms. The number of ketones is 1. The molecule has 4 heterocycles. The molecular weight excluding hydrogens is 891 g/mol. The van der Waals surface area contributed by atoms with Crippen molar-refractivity contribution in [2.24, 2.45) is 29.4 Å². The first-order valence-corrected chi connectivity index (χ1v) is 23.4. The quantitative estimate of drug-likeness (QED) is 0.145. The van der Waals surface area contributed by atoms with E-state index in [1.54, 1.807) is 18.2 Å². The average Bonchev–Trinajstić information content (AvgIpc) is 4.04. The van der Waals surface area contributed by atoms with E-state index in [-0.39, 0.29) is 52.8 Å². The Kier molecular flexibility index (Phi) is 12.7. The zero-order valence-corrected chi connectivity index (χ0v) is 36.8. The summed E-state index contributed by atoms with van der Waals surface area (Å²) in [5.41, 5.74) is 8.45. The fourth-order valence-corrected chi connectivity index (χ4v) is 11.5. The van der Waals surface area contributed by atoms with Gasteiger partial charge in [0.15, 0.2) is 11.6 Å². The maximum Gasteiger partial charge on any atom is 0.573 e. The Morgan fingerprint density at radius 3 is 1.48 bits per heavy atom. The van der Waals surface area contributed by atoms with Crippen molar-refractivity contribution < 1.29 is 68.6 Å². The minimum Gasteiger partial charge on any atom is -0.405 e. The first kappa shape index (κ1) is 46.2. The molecule has 2 aliphatic heterocycles. The zero-order chi connectivity index (χ0) is 46.6. The predicted octanol–water partition coefficient (Wildman–Crippen LogP) is 9.83. The summed E-state index contributed by atoms with van der Waals surface area (Å²) >= 11 is 0. The number of Topliss-reactive ketones (excluding diaryl/α,β-unsaturated/α-hetero) is 1. The highest BCUT2D eigenvalue weighted by Gasteiger charge is 2.59. The van der Waals surface area contributed by atoms with Crippen LogP contribution < -0.4 is 20.5 Å². The number of nitrogens with two attached hydrogens (primary N) is 1. The molecule has 8 fully saturated rings. The molecule has 4 unspecified atom stereocenters. The van der Waals surface area contributed by atoms with E-state index in [0.29, 0.717) is 98.0 Å². The van der Waals surface area contributed by atoms with Gasteiger partial charge in [-0.1, -0.05) is 34.6 Å². The van der Waals surface area contributed by atoms with Gasteiger partial charge in [0, 0.05) is 89.7 Å². The van der Waals surface area contributed by atoms with Crippen LogP contribution in [0.3, 0.4) is 0 Å². The number of benzene rings is 2. The van der Waals surface area contributed by atoms with Gasteiger partial charge in [-0.05, 0) is 88.5 Å². The Morgan fingerprint density at radius 2 is 1.03 bits per heavy atom. The number of para-hydroxylation sites is 2. The predicted molar refractivity (Wildman–Crippen MR) is 225 cm³/mol. The van der Waals surface area contributed by atoms with E-state index in [1.807, 2.05) is 0 Å². The second-order valence-corrected chi connectivity index (χ2v) is 18.9. The monoisotopic (exact) mass is 944 g/mol. The van der Waals surface area contributed by atoms with Crippen molar-refractivity contribution in [1.82, 2.24) is 15.6 Å². The van der Waals surface area contributed by atoms with E-state index < -0.39 is 18.5 Å². The normalized spacial score (nSPS) is 26.9. The van der Waals surface area contributed by atoms with Crippen LogP contribution in [0, 0.1) is 23.7 Å². The lowest BCUT2D eigenvalue weighted by Crippen LogP contribution is -2.50. The molecule has 2 saturated heterocycles. The van der Waals surface area contributed by atoms with Crippen LogP contribution in [0.4, 0.5) is 26.3 Å². The topological polar surface area (TPSA) is 163 Å². The summed E-state index contributed by atoms with van der Waals surface area (Å²) in [6, 6.07) is 12.2. The van der Waals surface area contributed by atoms with Crippen molar-refractivity contribution in [3.8, 4) is 34.0 Å². The molecule has 4 aromatic rings. The molecule has 4 atom stereocenters. The third kappa shape index (κ3) is 9.60. The molecule has 6 aliphatic carbocycles. The van der Waals surface area contributed by atoms with E-state index in [0.717, 1.165) is 75.5 Å². The summed E-state index contributed by atoms with van der Waals surface area (Å²) in [4.78, 5) is 11.4. The largest absolute Gasteiger partial charge is 0.573 e. The van der Waals surface area contributed by atoms with Crippen molar-refractivity contribution in [3.05, 3.63) is 71.2 Å². The number of carbonyl (C=O) groups is 1. The molecule has 2 spiro atoms. The Hall–Kier alpha value is -4.53. The van der Waals surface area contributed by atoms with Gasteiger partial charge < -0.3 is 48.5 Å². The number of halogens is 6. The number of carbonyl (C=O) groups excluding carboxylic acids is 1. The number of hydrogen-bond donors (Lipinski definition) is 2. The van der Waals surface area contributed by atoms with Gasteiger partial charge in [0.25, 0.3) is 0 Å². The van der Waals surface area contributed by atoms with Crippen molar-refractivity contribution in [2.75, 3.05) is 26.4 Å². The van der Waals surface area contributed by atoms with Crippen LogP contribution in [0.2, 0.25) is 0 Å². The van der Waals surface area contributed by atoms with Gasteiger partial charge in [0.2, 0.25) is 0 Å². The Balaban J connectivity index is 0.000000131. The van der Waals surface area contributed by atoms with Crippen molar-refractivity contribution >= 4 is 5.78 Å². The third-order valence-corrected chi connectivity index (χ3v) is 14.6. The van der Waals surface area contributed by atoms with Crippen LogP contribution in [-0.2, 0) is 36.8 Å². The van der Waals surface area contributed by atoms with Crippen molar-refractivity contribution in [1.29, 1.82) is 0 Å². The maximum atomic E-state index is 13.0. The van der Waals surface area contributed by atoms with Crippen molar-refractivity contribution in [2.45, 2.75) is 132 Å².